The first-order chi connectivity index (χ1) is 17.8. The van der Waals surface area contributed by atoms with Crippen LogP contribution in [0.5, 0.6) is 0 Å². The van der Waals surface area contributed by atoms with Gasteiger partial charge >= 0.3 is 0 Å². The maximum absolute atomic E-state index is 5.29. The summed E-state index contributed by atoms with van der Waals surface area (Å²) in [6.45, 7) is 16.8. The van der Waals surface area contributed by atoms with Crippen LogP contribution in [0.15, 0.2) is 36.4 Å². The van der Waals surface area contributed by atoms with Crippen LogP contribution in [-0.2, 0) is 0 Å². The molecule has 1 fully saturated rings. The Balaban J connectivity index is 1.60. The van der Waals surface area contributed by atoms with E-state index >= 15 is 0 Å². The lowest BCUT2D eigenvalue weighted by atomic mass is 10.00. The van der Waals surface area contributed by atoms with Gasteiger partial charge < -0.3 is 15.1 Å². The summed E-state index contributed by atoms with van der Waals surface area (Å²) in [6.07, 6.45) is 0.916. The van der Waals surface area contributed by atoms with Crippen molar-refractivity contribution in [2.45, 2.75) is 54.0 Å². The number of hydrogen-bond donors (Lipinski definition) is 1. The molecule has 3 aromatic heterocycles. The highest BCUT2D eigenvalue weighted by Gasteiger charge is 2.25. The predicted molar refractivity (Wildman–Crippen MR) is 153 cm³/mol. The zero-order chi connectivity index (χ0) is 26.3. The van der Waals surface area contributed by atoms with Gasteiger partial charge in [-0.05, 0) is 71.8 Å². The number of likely N-dealkylation sites (N-methyl/N-ethyl adjacent to an activating group) is 1. The highest BCUT2D eigenvalue weighted by atomic mass is 15.3. The third-order valence-electron chi connectivity index (χ3n) is 7.80. The van der Waals surface area contributed by atoms with Crippen molar-refractivity contribution >= 4 is 22.5 Å². The monoisotopic (exact) mass is 497 g/mol. The number of aromatic nitrogens is 4. The van der Waals surface area contributed by atoms with Crippen LogP contribution in [0.25, 0.3) is 16.9 Å². The number of pyridine rings is 1. The highest BCUT2D eigenvalue weighted by molar-refractivity contribution is 5.85. The van der Waals surface area contributed by atoms with Crippen LogP contribution in [0.2, 0.25) is 0 Å². The van der Waals surface area contributed by atoms with Crippen LogP contribution in [0, 0.1) is 34.6 Å². The molecule has 1 aliphatic heterocycles. The van der Waals surface area contributed by atoms with E-state index in [0.29, 0.717) is 5.95 Å². The maximum Gasteiger partial charge on any atom is 0.236 e. The Labute approximate surface area is 220 Å². The van der Waals surface area contributed by atoms with Crippen molar-refractivity contribution < 1.29 is 0 Å². The molecule has 7 nitrogen and oxygen atoms in total. The number of nitrogens with zero attached hydrogens (tertiary/aromatic N) is 6. The van der Waals surface area contributed by atoms with Crippen LogP contribution >= 0.6 is 0 Å². The van der Waals surface area contributed by atoms with E-state index < -0.39 is 0 Å². The topological polar surface area (TPSA) is 62.1 Å². The van der Waals surface area contributed by atoms with E-state index in [1.807, 2.05) is 0 Å². The fourth-order valence-electron chi connectivity index (χ4n) is 5.28. The minimum Gasteiger partial charge on any atom is -0.363 e. The Bertz CT molecular complexity index is 1410. The van der Waals surface area contributed by atoms with Crippen molar-refractivity contribution in [3.05, 3.63) is 70.2 Å². The average Bonchev–Trinajstić information content (AvgIpc) is 3.22. The quantitative estimate of drug-likeness (QED) is 0.370. The van der Waals surface area contributed by atoms with E-state index in [0.717, 1.165) is 72.4 Å². The van der Waals surface area contributed by atoms with E-state index in [2.05, 4.69) is 105 Å². The SMILES string of the molecule is CCC(Nc1nc(-n2c(C)ccc2C)nc(C)c1C)c1cc2cccc(C)c2nc1N1CCN(C)CC1. The number of nitrogens with one attached hydrogen (secondary N) is 1. The highest BCUT2D eigenvalue weighted by Crippen LogP contribution is 2.34. The van der Waals surface area contributed by atoms with Gasteiger partial charge in [-0.2, -0.15) is 4.98 Å². The molecule has 37 heavy (non-hydrogen) atoms. The molecule has 194 valence electrons. The molecule has 0 bridgehead atoms. The third-order valence-corrected chi connectivity index (χ3v) is 7.80. The molecule has 1 saturated heterocycles. The molecule has 1 unspecified atom stereocenters. The number of fused-ring (bicyclic) bond motifs is 1. The number of para-hydroxylation sites is 1. The van der Waals surface area contributed by atoms with E-state index in [1.54, 1.807) is 0 Å². The van der Waals surface area contributed by atoms with Crippen molar-refractivity contribution in [1.82, 2.24) is 24.4 Å². The van der Waals surface area contributed by atoms with Crippen molar-refractivity contribution in [2.75, 3.05) is 43.4 Å². The Morgan fingerprint density at radius 2 is 1.59 bits per heavy atom. The van der Waals surface area contributed by atoms with Crippen LogP contribution < -0.4 is 10.2 Å². The molecule has 1 aromatic carbocycles. The van der Waals surface area contributed by atoms with E-state index in [4.69, 9.17) is 15.0 Å². The standard InChI is InChI=1S/C30H39N7/c1-8-26(32-28-22(5)23(6)31-30(34-28)37-20(3)12-13-21(37)4)25-18-24-11-9-10-19(2)27(24)33-29(25)36-16-14-35(7)15-17-36/h9-13,18,26H,8,14-17H2,1-7H3,(H,31,32,34). The van der Waals surface area contributed by atoms with Crippen LogP contribution in [0.1, 0.15) is 53.2 Å². The minimum absolute atomic E-state index is 0.0692. The van der Waals surface area contributed by atoms with Gasteiger partial charge in [0.05, 0.1) is 11.6 Å². The summed E-state index contributed by atoms with van der Waals surface area (Å²) in [4.78, 5) is 20.0. The molecule has 0 radical (unpaired) electrons. The van der Waals surface area contributed by atoms with Crippen molar-refractivity contribution in [1.29, 1.82) is 0 Å². The van der Waals surface area contributed by atoms with Crippen LogP contribution in [-0.4, -0.2) is 57.6 Å². The number of rotatable bonds is 6. The molecular weight excluding hydrogens is 458 g/mol. The van der Waals surface area contributed by atoms with Crippen molar-refractivity contribution in [2.24, 2.45) is 0 Å². The molecule has 1 atom stereocenters. The predicted octanol–water partition coefficient (Wildman–Crippen LogP) is 5.67. The number of benzene rings is 1. The average molecular weight is 498 g/mol. The molecule has 4 aromatic rings. The first-order valence-electron chi connectivity index (χ1n) is 13.4. The summed E-state index contributed by atoms with van der Waals surface area (Å²) in [5.74, 6) is 2.69. The summed E-state index contributed by atoms with van der Waals surface area (Å²) < 4.78 is 2.12. The van der Waals surface area contributed by atoms with Gasteiger partial charge in [0.2, 0.25) is 5.95 Å². The fourth-order valence-corrected chi connectivity index (χ4v) is 5.28. The molecule has 0 saturated carbocycles. The van der Waals surface area contributed by atoms with Gasteiger partial charge in [0.1, 0.15) is 11.6 Å². The lowest BCUT2D eigenvalue weighted by Gasteiger charge is -2.35. The number of hydrogen-bond acceptors (Lipinski definition) is 6. The summed E-state index contributed by atoms with van der Waals surface area (Å²) in [5.41, 5.74) is 7.86. The van der Waals surface area contributed by atoms with Gasteiger partial charge in [-0.1, -0.05) is 25.1 Å². The summed E-state index contributed by atoms with van der Waals surface area (Å²) in [5, 5.41) is 5.00. The minimum atomic E-state index is 0.0692. The molecule has 0 spiro atoms. The van der Waals surface area contributed by atoms with Gasteiger partial charge in [-0.25, -0.2) is 9.97 Å². The van der Waals surface area contributed by atoms with Gasteiger partial charge in [0.25, 0.3) is 0 Å². The third kappa shape index (κ3) is 4.80. The first kappa shape index (κ1) is 25.2. The van der Waals surface area contributed by atoms with E-state index in [9.17, 15) is 0 Å². The van der Waals surface area contributed by atoms with E-state index in [-0.39, 0.29) is 6.04 Å². The molecule has 4 heterocycles. The summed E-state index contributed by atoms with van der Waals surface area (Å²) in [7, 11) is 2.19. The molecule has 5 rings (SSSR count). The van der Waals surface area contributed by atoms with Gasteiger partial charge in [0, 0.05) is 59.8 Å². The number of aryl methyl sites for hydroxylation is 4. The normalized spacial score (nSPS) is 15.4. The molecule has 7 heteroatoms. The second kappa shape index (κ2) is 10.1. The van der Waals surface area contributed by atoms with Gasteiger partial charge in [0.15, 0.2) is 0 Å². The zero-order valence-electron chi connectivity index (χ0n) is 23.3. The Morgan fingerprint density at radius 1 is 0.892 bits per heavy atom. The smallest absolute Gasteiger partial charge is 0.236 e. The lowest BCUT2D eigenvalue weighted by Crippen LogP contribution is -2.45. The van der Waals surface area contributed by atoms with Crippen molar-refractivity contribution in [3.63, 3.8) is 0 Å². The second-order valence-corrected chi connectivity index (χ2v) is 10.5. The lowest BCUT2D eigenvalue weighted by molar-refractivity contribution is 0.311. The van der Waals surface area contributed by atoms with Crippen LogP contribution in [0.4, 0.5) is 11.6 Å². The summed E-state index contributed by atoms with van der Waals surface area (Å²) in [6, 6.07) is 13.1. The molecular formula is C30H39N7. The Morgan fingerprint density at radius 3 is 2.27 bits per heavy atom. The fraction of sp³-hybridized carbons (Fsp3) is 0.433. The second-order valence-electron chi connectivity index (χ2n) is 10.5. The largest absolute Gasteiger partial charge is 0.363 e. The van der Waals surface area contributed by atoms with Crippen LogP contribution in [0.3, 0.4) is 0 Å². The van der Waals surface area contributed by atoms with Gasteiger partial charge in [-0.3, -0.25) is 4.57 Å². The van der Waals surface area contributed by atoms with E-state index in [1.165, 1.54) is 16.5 Å². The molecule has 0 aliphatic carbocycles. The number of anilines is 2. The maximum atomic E-state index is 5.29. The summed E-state index contributed by atoms with van der Waals surface area (Å²) >= 11 is 0. The van der Waals surface area contributed by atoms with Crippen molar-refractivity contribution in [3.8, 4) is 5.95 Å². The first-order valence-corrected chi connectivity index (χ1v) is 13.4. The zero-order valence-corrected chi connectivity index (χ0v) is 23.3. The molecule has 1 aliphatic rings. The van der Waals surface area contributed by atoms with Gasteiger partial charge in [-0.15, -0.1) is 0 Å². The molecule has 1 N–H and O–H groups in total. The number of piperazine rings is 1. The Kier molecular flexibility index (Phi) is 6.90. The molecule has 0 amide bonds. The Hall–Kier alpha value is -3.45.